The van der Waals surface area contributed by atoms with Crippen molar-refractivity contribution in [1.82, 2.24) is 9.97 Å². The Bertz CT molecular complexity index is 685. The van der Waals surface area contributed by atoms with Crippen molar-refractivity contribution >= 4 is 23.1 Å². The second kappa shape index (κ2) is 6.67. The summed E-state index contributed by atoms with van der Waals surface area (Å²) >= 11 is 0. The Kier molecular flexibility index (Phi) is 4.24. The van der Waals surface area contributed by atoms with E-state index in [4.69, 9.17) is 4.98 Å². The molecule has 5 nitrogen and oxygen atoms in total. The monoisotopic (exact) mass is 323 g/mol. The highest BCUT2D eigenvalue weighted by Gasteiger charge is 2.15. The SMILES string of the molecule is Cc1cc(N2CCCC2)nc(Nc2ccc(N3CCCC3)cc2)n1. The van der Waals surface area contributed by atoms with E-state index >= 15 is 0 Å². The Morgan fingerprint density at radius 2 is 1.46 bits per heavy atom. The molecule has 4 rings (SSSR count). The third-order valence-electron chi connectivity index (χ3n) is 4.87. The van der Waals surface area contributed by atoms with E-state index in [1.54, 1.807) is 0 Å². The van der Waals surface area contributed by atoms with Gasteiger partial charge in [-0.3, -0.25) is 0 Å². The lowest BCUT2D eigenvalue weighted by Gasteiger charge is -2.19. The molecule has 1 aromatic carbocycles. The summed E-state index contributed by atoms with van der Waals surface area (Å²) in [4.78, 5) is 14.0. The van der Waals surface area contributed by atoms with Gasteiger partial charge in [0.15, 0.2) is 0 Å². The Morgan fingerprint density at radius 1 is 0.833 bits per heavy atom. The van der Waals surface area contributed by atoms with Crippen molar-refractivity contribution in [3.05, 3.63) is 36.0 Å². The molecule has 0 atom stereocenters. The normalized spacial score (nSPS) is 17.5. The molecule has 2 fully saturated rings. The zero-order valence-corrected chi connectivity index (χ0v) is 14.3. The minimum atomic E-state index is 0.686. The summed E-state index contributed by atoms with van der Waals surface area (Å²) in [5.74, 6) is 1.72. The number of anilines is 4. The first-order valence-electron chi connectivity index (χ1n) is 9.01. The van der Waals surface area contributed by atoms with Crippen LogP contribution in [0.25, 0.3) is 0 Å². The van der Waals surface area contributed by atoms with E-state index in [9.17, 15) is 0 Å². The molecule has 0 radical (unpaired) electrons. The van der Waals surface area contributed by atoms with E-state index in [0.717, 1.165) is 30.3 Å². The summed E-state index contributed by atoms with van der Waals surface area (Å²) in [6, 6.07) is 10.7. The Morgan fingerprint density at radius 3 is 2.12 bits per heavy atom. The maximum Gasteiger partial charge on any atom is 0.229 e. The van der Waals surface area contributed by atoms with E-state index in [2.05, 4.69) is 50.4 Å². The predicted molar refractivity (Wildman–Crippen MR) is 99.4 cm³/mol. The molecule has 0 aliphatic carbocycles. The molecule has 1 N–H and O–H groups in total. The van der Waals surface area contributed by atoms with E-state index in [-0.39, 0.29) is 0 Å². The number of nitrogens with one attached hydrogen (secondary N) is 1. The fourth-order valence-corrected chi connectivity index (χ4v) is 3.58. The lowest BCUT2D eigenvalue weighted by atomic mass is 10.2. The molecule has 2 saturated heterocycles. The van der Waals surface area contributed by atoms with E-state index in [1.165, 1.54) is 44.5 Å². The van der Waals surface area contributed by atoms with Crippen molar-refractivity contribution in [2.45, 2.75) is 32.6 Å². The summed E-state index contributed by atoms with van der Waals surface area (Å²) in [7, 11) is 0. The van der Waals surface area contributed by atoms with E-state index < -0.39 is 0 Å². The molecule has 24 heavy (non-hydrogen) atoms. The fraction of sp³-hybridized carbons (Fsp3) is 0.474. The van der Waals surface area contributed by atoms with Gasteiger partial charge in [0.2, 0.25) is 5.95 Å². The third-order valence-corrected chi connectivity index (χ3v) is 4.87. The lowest BCUT2D eigenvalue weighted by Crippen LogP contribution is -2.20. The summed E-state index contributed by atoms with van der Waals surface area (Å²) in [6.07, 6.45) is 5.11. The number of hydrogen-bond acceptors (Lipinski definition) is 5. The minimum absolute atomic E-state index is 0.686. The van der Waals surface area contributed by atoms with Gasteiger partial charge in [-0.15, -0.1) is 0 Å². The van der Waals surface area contributed by atoms with Crippen LogP contribution >= 0.6 is 0 Å². The summed E-state index contributed by atoms with van der Waals surface area (Å²) in [6.45, 7) is 6.57. The Hall–Kier alpha value is -2.30. The zero-order valence-electron chi connectivity index (χ0n) is 14.3. The predicted octanol–water partition coefficient (Wildman–Crippen LogP) is 3.73. The van der Waals surface area contributed by atoms with Gasteiger partial charge in [-0.05, 0) is 56.9 Å². The first-order chi connectivity index (χ1) is 11.8. The molecular formula is C19H25N5. The number of aryl methyl sites for hydroxylation is 1. The second-order valence-corrected chi connectivity index (χ2v) is 6.75. The van der Waals surface area contributed by atoms with Crippen LogP contribution in [-0.2, 0) is 0 Å². The van der Waals surface area contributed by atoms with Gasteiger partial charge in [-0.25, -0.2) is 4.98 Å². The Labute approximate surface area is 143 Å². The van der Waals surface area contributed by atoms with Crippen LogP contribution in [0.15, 0.2) is 30.3 Å². The smallest absolute Gasteiger partial charge is 0.229 e. The van der Waals surface area contributed by atoms with Crippen molar-refractivity contribution in [3.63, 3.8) is 0 Å². The maximum atomic E-state index is 4.70. The first-order valence-corrected chi connectivity index (χ1v) is 9.01. The quantitative estimate of drug-likeness (QED) is 0.929. The molecule has 3 heterocycles. The molecule has 1 aromatic heterocycles. The summed E-state index contributed by atoms with van der Waals surface area (Å²) in [5, 5.41) is 3.36. The van der Waals surface area contributed by atoms with Gasteiger partial charge >= 0.3 is 0 Å². The van der Waals surface area contributed by atoms with Crippen LogP contribution in [0.2, 0.25) is 0 Å². The molecular weight excluding hydrogens is 298 g/mol. The molecule has 0 spiro atoms. The largest absolute Gasteiger partial charge is 0.372 e. The van der Waals surface area contributed by atoms with Crippen LogP contribution in [0, 0.1) is 6.92 Å². The molecule has 0 saturated carbocycles. The second-order valence-electron chi connectivity index (χ2n) is 6.75. The van der Waals surface area contributed by atoms with Gasteiger partial charge in [0.05, 0.1) is 0 Å². The zero-order chi connectivity index (χ0) is 16.4. The topological polar surface area (TPSA) is 44.3 Å². The van der Waals surface area contributed by atoms with Crippen LogP contribution in [0.5, 0.6) is 0 Å². The highest BCUT2D eigenvalue weighted by molar-refractivity contribution is 5.60. The molecule has 2 aliphatic heterocycles. The molecule has 126 valence electrons. The van der Waals surface area contributed by atoms with Crippen LogP contribution in [-0.4, -0.2) is 36.1 Å². The van der Waals surface area contributed by atoms with Gasteiger partial charge in [-0.2, -0.15) is 4.98 Å². The van der Waals surface area contributed by atoms with Crippen molar-refractivity contribution in [3.8, 4) is 0 Å². The van der Waals surface area contributed by atoms with Gasteiger partial charge in [0.25, 0.3) is 0 Å². The molecule has 0 unspecified atom stereocenters. The van der Waals surface area contributed by atoms with Crippen LogP contribution in [0.4, 0.5) is 23.1 Å². The van der Waals surface area contributed by atoms with Gasteiger partial charge in [0.1, 0.15) is 5.82 Å². The molecule has 0 amide bonds. The van der Waals surface area contributed by atoms with Crippen LogP contribution in [0.1, 0.15) is 31.4 Å². The number of nitrogens with zero attached hydrogens (tertiary/aromatic N) is 4. The van der Waals surface area contributed by atoms with Crippen molar-refractivity contribution in [1.29, 1.82) is 0 Å². The third kappa shape index (κ3) is 3.30. The first kappa shape index (κ1) is 15.2. The summed E-state index contributed by atoms with van der Waals surface area (Å²) in [5.41, 5.74) is 3.35. The lowest BCUT2D eigenvalue weighted by molar-refractivity contribution is 0.923. The Balaban J connectivity index is 1.50. The van der Waals surface area contributed by atoms with Crippen molar-refractivity contribution in [2.24, 2.45) is 0 Å². The van der Waals surface area contributed by atoms with Crippen LogP contribution < -0.4 is 15.1 Å². The molecule has 2 aliphatic rings. The summed E-state index contributed by atoms with van der Waals surface area (Å²) < 4.78 is 0. The molecule has 2 aromatic rings. The van der Waals surface area contributed by atoms with Crippen molar-refractivity contribution in [2.75, 3.05) is 41.3 Å². The average molecular weight is 323 g/mol. The van der Waals surface area contributed by atoms with Gasteiger partial charge in [-0.1, -0.05) is 0 Å². The standard InChI is InChI=1S/C19H25N5/c1-15-14-18(24-12-4-5-13-24)22-19(20-15)21-16-6-8-17(9-7-16)23-10-2-3-11-23/h6-9,14H,2-5,10-13H2,1H3,(H,20,21,22). The highest BCUT2D eigenvalue weighted by Crippen LogP contribution is 2.24. The minimum Gasteiger partial charge on any atom is -0.372 e. The molecule has 0 bridgehead atoms. The van der Waals surface area contributed by atoms with Gasteiger partial charge in [0, 0.05) is 49.3 Å². The molecule has 5 heteroatoms. The average Bonchev–Trinajstić information content (AvgIpc) is 3.29. The van der Waals surface area contributed by atoms with Gasteiger partial charge < -0.3 is 15.1 Å². The fourth-order valence-electron chi connectivity index (χ4n) is 3.58. The highest BCUT2D eigenvalue weighted by atomic mass is 15.2. The van der Waals surface area contributed by atoms with E-state index in [1.807, 2.05) is 6.92 Å². The number of benzene rings is 1. The number of aromatic nitrogens is 2. The number of rotatable bonds is 4. The maximum absolute atomic E-state index is 4.70. The van der Waals surface area contributed by atoms with E-state index in [0.29, 0.717) is 5.95 Å². The van der Waals surface area contributed by atoms with Crippen LogP contribution in [0.3, 0.4) is 0 Å². The van der Waals surface area contributed by atoms with Crippen molar-refractivity contribution < 1.29 is 0 Å². The number of hydrogen-bond donors (Lipinski definition) is 1.